The van der Waals surface area contributed by atoms with Crippen molar-refractivity contribution in [3.05, 3.63) is 72.1 Å². The maximum Gasteiger partial charge on any atom is 0.144 e. The number of imidazole rings is 1. The molecule has 0 atom stereocenters. The van der Waals surface area contributed by atoms with Crippen LogP contribution in [0, 0.1) is 6.92 Å². The number of hydrogen-bond donors (Lipinski definition) is 0. The molecule has 0 saturated carbocycles. The van der Waals surface area contributed by atoms with Gasteiger partial charge in [-0.15, -0.1) is 0 Å². The molecule has 0 amide bonds. The van der Waals surface area contributed by atoms with Crippen molar-refractivity contribution in [2.45, 2.75) is 58.8 Å². The highest BCUT2D eigenvalue weighted by molar-refractivity contribution is 5.59. The van der Waals surface area contributed by atoms with Gasteiger partial charge in [-0.2, -0.15) is 0 Å². The summed E-state index contributed by atoms with van der Waals surface area (Å²) in [5.74, 6) is 0.994. The van der Waals surface area contributed by atoms with Crippen LogP contribution in [0.3, 0.4) is 0 Å². The molecule has 1 aromatic heterocycles. The van der Waals surface area contributed by atoms with Crippen molar-refractivity contribution in [1.82, 2.24) is 9.55 Å². The first kappa shape index (κ1) is 18.4. The highest BCUT2D eigenvalue weighted by Gasteiger charge is 2.07. The van der Waals surface area contributed by atoms with Crippen molar-refractivity contribution in [1.29, 1.82) is 0 Å². The van der Waals surface area contributed by atoms with Crippen LogP contribution in [0.25, 0.3) is 17.1 Å². The van der Waals surface area contributed by atoms with Gasteiger partial charge in [0, 0.05) is 23.6 Å². The molecule has 136 valence electrons. The van der Waals surface area contributed by atoms with Gasteiger partial charge in [-0.05, 0) is 37.5 Å². The number of benzene rings is 2. The number of aromatic nitrogens is 2. The summed E-state index contributed by atoms with van der Waals surface area (Å²) in [5.41, 5.74) is 5.02. The van der Waals surface area contributed by atoms with E-state index >= 15 is 0 Å². The van der Waals surface area contributed by atoms with Gasteiger partial charge in [-0.1, -0.05) is 81.0 Å². The Morgan fingerprint density at radius 2 is 1.50 bits per heavy atom. The minimum absolute atomic E-state index is 0.994. The van der Waals surface area contributed by atoms with Gasteiger partial charge in [0.05, 0.1) is 0 Å². The first-order valence-corrected chi connectivity index (χ1v) is 9.97. The number of nitrogens with zero attached hydrogens (tertiary/aromatic N) is 2. The Hall–Kier alpha value is -2.35. The number of aryl methyl sites for hydroxylation is 2. The molecule has 2 heteroatoms. The lowest BCUT2D eigenvalue weighted by Crippen LogP contribution is -1.97. The van der Waals surface area contributed by atoms with E-state index in [2.05, 4.69) is 71.9 Å². The van der Waals surface area contributed by atoms with Crippen LogP contribution in [0.2, 0.25) is 0 Å². The first-order valence-electron chi connectivity index (χ1n) is 9.97. The van der Waals surface area contributed by atoms with Crippen LogP contribution < -0.4 is 0 Å². The van der Waals surface area contributed by atoms with E-state index in [1.807, 2.05) is 12.4 Å². The Morgan fingerprint density at radius 1 is 0.808 bits per heavy atom. The predicted molar refractivity (Wildman–Crippen MR) is 111 cm³/mol. The summed E-state index contributed by atoms with van der Waals surface area (Å²) >= 11 is 0. The fourth-order valence-corrected chi connectivity index (χ4v) is 3.36. The van der Waals surface area contributed by atoms with Gasteiger partial charge >= 0.3 is 0 Å². The normalized spacial score (nSPS) is 11.0. The lowest BCUT2D eigenvalue weighted by Gasteiger charge is -2.09. The van der Waals surface area contributed by atoms with E-state index in [1.54, 1.807) is 0 Å². The van der Waals surface area contributed by atoms with Crippen molar-refractivity contribution in [3.8, 4) is 17.1 Å². The third-order valence-electron chi connectivity index (χ3n) is 4.98. The van der Waals surface area contributed by atoms with Gasteiger partial charge in [0.2, 0.25) is 0 Å². The van der Waals surface area contributed by atoms with Crippen molar-refractivity contribution in [2.24, 2.45) is 0 Å². The van der Waals surface area contributed by atoms with E-state index in [0.717, 1.165) is 11.4 Å². The smallest absolute Gasteiger partial charge is 0.144 e. The molecule has 0 unspecified atom stereocenters. The lowest BCUT2D eigenvalue weighted by atomic mass is 10.0. The zero-order chi connectivity index (χ0) is 18.2. The maximum absolute atomic E-state index is 4.56. The molecular formula is C24H30N2. The monoisotopic (exact) mass is 346 g/mol. The SMILES string of the molecule is CCCCCCCCc1ccc(-n2ccnc2-c2ccc(C)cc2)cc1. The minimum Gasteiger partial charge on any atom is -0.300 e. The fourth-order valence-electron chi connectivity index (χ4n) is 3.36. The van der Waals surface area contributed by atoms with Crippen LogP contribution in [0.15, 0.2) is 60.9 Å². The van der Waals surface area contributed by atoms with Crippen molar-refractivity contribution >= 4 is 0 Å². The van der Waals surface area contributed by atoms with E-state index in [9.17, 15) is 0 Å². The lowest BCUT2D eigenvalue weighted by molar-refractivity contribution is 0.607. The van der Waals surface area contributed by atoms with Gasteiger partial charge in [0.1, 0.15) is 5.82 Å². The molecule has 0 aliphatic rings. The average molecular weight is 347 g/mol. The zero-order valence-electron chi connectivity index (χ0n) is 16.1. The van der Waals surface area contributed by atoms with Gasteiger partial charge in [0.15, 0.2) is 0 Å². The molecule has 0 bridgehead atoms. The van der Waals surface area contributed by atoms with Gasteiger partial charge < -0.3 is 0 Å². The molecule has 2 nitrogen and oxygen atoms in total. The molecule has 0 aliphatic carbocycles. The standard InChI is InChI=1S/C24H30N2/c1-3-4-5-6-7-8-9-21-12-16-23(17-13-21)26-19-18-25-24(26)22-14-10-20(2)11-15-22/h10-19H,3-9H2,1-2H3. The van der Waals surface area contributed by atoms with Crippen LogP contribution >= 0.6 is 0 Å². The molecule has 0 aliphatic heterocycles. The topological polar surface area (TPSA) is 17.8 Å². The molecule has 1 heterocycles. The highest BCUT2D eigenvalue weighted by Crippen LogP contribution is 2.22. The van der Waals surface area contributed by atoms with Crippen LogP contribution in [0.1, 0.15) is 56.6 Å². The average Bonchev–Trinajstić information content (AvgIpc) is 3.15. The molecule has 0 saturated heterocycles. The zero-order valence-corrected chi connectivity index (χ0v) is 16.1. The van der Waals surface area contributed by atoms with E-state index in [4.69, 9.17) is 0 Å². The van der Waals surface area contributed by atoms with Crippen LogP contribution in [0.4, 0.5) is 0 Å². The van der Waals surface area contributed by atoms with Gasteiger partial charge in [-0.25, -0.2) is 4.98 Å². The fraction of sp³-hybridized carbons (Fsp3) is 0.375. The van der Waals surface area contributed by atoms with Crippen molar-refractivity contribution in [2.75, 3.05) is 0 Å². The molecule has 2 aromatic carbocycles. The molecule has 0 N–H and O–H groups in total. The summed E-state index contributed by atoms with van der Waals surface area (Å²) in [7, 11) is 0. The second kappa shape index (κ2) is 9.38. The van der Waals surface area contributed by atoms with Crippen LogP contribution in [-0.4, -0.2) is 9.55 Å². The second-order valence-electron chi connectivity index (χ2n) is 7.17. The summed E-state index contributed by atoms with van der Waals surface area (Å²) in [6, 6.07) is 17.5. The molecule has 26 heavy (non-hydrogen) atoms. The van der Waals surface area contributed by atoms with E-state index in [1.165, 1.54) is 61.8 Å². The van der Waals surface area contributed by atoms with Gasteiger partial charge in [0.25, 0.3) is 0 Å². The molecule has 0 spiro atoms. The second-order valence-corrected chi connectivity index (χ2v) is 7.17. The number of hydrogen-bond acceptors (Lipinski definition) is 1. The molecule has 0 fully saturated rings. The van der Waals surface area contributed by atoms with E-state index < -0.39 is 0 Å². The highest BCUT2D eigenvalue weighted by atomic mass is 15.1. The van der Waals surface area contributed by atoms with Crippen molar-refractivity contribution in [3.63, 3.8) is 0 Å². The Kier molecular flexibility index (Phi) is 6.65. The largest absolute Gasteiger partial charge is 0.300 e. The number of unbranched alkanes of at least 4 members (excludes halogenated alkanes) is 5. The summed E-state index contributed by atoms with van der Waals surface area (Å²) in [5, 5.41) is 0. The third-order valence-corrected chi connectivity index (χ3v) is 4.98. The minimum atomic E-state index is 0.994. The van der Waals surface area contributed by atoms with Gasteiger partial charge in [-0.3, -0.25) is 4.57 Å². The number of rotatable bonds is 9. The molecule has 3 aromatic rings. The summed E-state index contributed by atoms with van der Waals surface area (Å²) < 4.78 is 2.17. The Labute approximate surface area is 157 Å². The molecule has 3 rings (SSSR count). The maximum atomic E-state index is 4.56. The van der Waals surface area contributed by atoms with E-state index in [-0.39, 0.29) is 0 Å². The Balaban J connectivity index is 1.63. The summed E-state index contributed by atoms with van der Waals surface area (Å²) in [6.07, 6.45) is 13.2. The molecular weight excluding hydrogens is 316 g/mol. The third kappa shape index (κ3) is 4.85. The molecule has 0 radical (unpaired) electrons. The van der Waals surface area contributed by atoms with Crippen LogP contribution in [0.5, 0.6) is 0 Å². The van der Waals surface area contributed by atoms with Crippen LogP contribution in [-0.2, 0) is 6.42 Å². The quantitative estimate of drug-likeness (QED) is 0.392. The summed E-state index contributed by atoms with van der Waals surface area (Å²) in [6.45, 7) is 4.38. The predicted octanol–water partition coefficient (Wildman–Crippen LogP) is 6.75. The van der Waals surface area contributed by atoms with Crippen molar-refractivity contribution < 1.29 is 0 Å². The van der Waals surface area contributed by atoms with E-state index in [0.29, 0.717) is 0 Å². The summed E-state index contributed by atoms with van der Waals surface area (Å²) in [4.78, 5) is 4.56. The Bertz CT molecular complexity index is 782. The Morgan fingerprint density at radius 3 is 2.23 bits per heavy atom. The first-order chi connectivity index (χ1) is 12.8.